The molecule has 2 aromatic heterocycles. The Morgan fingerprint density at radius 2 is 2.31 bits per heavy atom. The summed E-state index contributed by atoms with van der Waals surface area (Å²) in [5, 5.41) is 9.25. The Labute approximate surface area is 90.9 Å². The lowest BCUT2D eigenvalue weighted by Crippen LogP contribution is -2.42. The third kappa shape index (κ3) is 1.66. The van der Waals surface area contributed by atoms with Gasteiger partial charge in [0.1, 0.15) is 24.2 Å². The van der Waals surface area contributed by atoms with E-state index in [1.807, 2.05) is 0 Å². The first-order valence-corrected chi connectivity index (χ1v) is 4.72. The van der Waals surface area contributed by atoms with Gasteiger partial charge < -0.3 is 10.8 Å². The molecule has 0 amide bonds. The van der Waals surface area contributed by atoms with Gasteiger partial charge in [-0.25, -0.2) is 15.0 Å². The molecule has 0 unspecified atom stereocenters. The largest absolute Gasteiger partial charge is 0.391 e. The van der Waals surface area contributed by atoms with Crippen molar-refractivity contribution in [3.8, 4) is 0 Å². The number of imidazole rings is 1. The van der Waals surface area contributed by atoms with Crippen LogP contribution in [0.4, 0.5) is 0 Å². The first-order valence-electron chi connectivity index (χ1n) is 4.72. The molecule has 2 rings (SSSR count). The Kier molecular flexibility index (Phi) is 2.63. The van der Waals surface area contributed by atoms with Crippen molar-refractivity contribution in [2.24, 2.45) is 5.73 Å². The Hall–Kier alpha value is -1.86. The molecule has 0 aromatic carbocycles. The molecule has 0 aliphatic rings. The first-order chi connectivity index (χ1) is 7.61. The fourth-order valence-corrected chi connectivity index (χ4v) is 1.30. The molecule has 2 aromatic rings. The van der Waals surface area contributed by atoms with Crippen molar-refractivity contribution in [1.82, 2.24) is 19.5 Å². The zero-order valence-corrected chi connectivity index (χ0v) is 8.61. The molecular formula is C9H11N5O2. The minimum Gasteiger partial charge on any atom is -0.391 e. The third-order valence-electron chi connectivity index (χ3n) is 2.26. The van der Waals surface area contributed by atoms with E-state index in [4.69, 9.17) is 5.73 Å². The molecule has 0 spiro atoms. The van der Waals surface area contributed by atoms with Crippen molar-refractivity contribution in [2.75, 3.05) is 0 Å². The predicted octanol–water partition coefficient (Wildman–Crippen LogP) is -0.825. The molecule has 0 saturated carbocycles. The van der Waals surface area contributed by atoms with Crippen LogP contribution < -0.4 is 5.73 Å². The SMILES string of the molecule is C[C@@H](O)[C@H](N)C(=O)n1cnc2cncnc21. The predicted molar refractivity (Wildman–Crippen MR) is 55.6 cm³/mol. The number of carbonyl (C=O) groups is 1. The van der Waals surface area contributed by atoms with Crippen LogP contribution >= 0.6 is 0 Å². The molecule has 2 heterocycles. The monoisotopic (exact) mass is 221 g/mol. The second kappa shape index (κ2) is 3.95. The topological polar surface area (TPSA) is 107 Å². The maximum absolute atomic E-state index is 11.8. The average Bonchev–Trinajstić information content (AvgIpc) is 2.70. The third-order valence-corrected chi connectivity index (χ3v) is 2.26. The highest BCUT2D eigenvalue weighted by molar-refractivity contribution is 5.91. The Morgan fingerprint density at radius 3 is 3.00 bits per heavy atom. The van der Waals surface area contributed by atoms with Gasteiger partial charge in [-0.3, -0.25) is 9.36 Å². The summed E-state index contributed by atoms with van der Waals surface area (Å²) in [7, 11) is 0. The van der Waals surface area contributed by atoms with Crippen LogP contribution in [0.15, 0.2) is 18.9 Å². The number of nitrogens with zero attached hydrogens (tertiary/aromatic N) is 4. The Balaban J connectivity index is 2.44. The van der Waals surface area contributed by atoms with E-state index in [1.54, 1.807) is 0 Å². The van der Waals surface area contributed by atoms with Crippen LogP contribution in [0.5, 0.6) is 0 Å². The van der Waals surface area contributed by atoms with Gasteiger partial charge in [0.25, 0.3) is 5.91 Å². The molecule has 3 N–H and O–H groups in total. The minimum absolute atomic E-state index is 0.385. The summed E-state index contributed by atoms with van der Waals surface area (Å²) < 4.78 is 1.22. The van der Waals surface area contributed by atoms with Crippen LogP contribution in [-0.4, -0.2) is 42.7 Å². The maximum Gasteiger partial charge on any atom is 0.253 e. The van der Waals surface area contributed by atoms with Crippen LogP contribution in [0.25, 0.3) is 11.2 Å². The van der Waals surface area contributed by atoms with Crippen molar-refractivity contribution in [3.05, 3.63) is 18.9 Å². The molecular weight excluding hydrogens is 210 g/mol. The number of aliphatic hydroxyl groups is 1. The van der Waals surface area contributed by atoms with Crippen LogP contribution in [0.2, 0.25) is 0 Å². The standard InChI is InChI=1S/C9H11N5O2/c1-5(15)7(10)9(16)14-4-13-6-2-11-3-12-8(6)14/h2-5,7,15H,10H2,1H3/t5-,7+/m1/s1. The summed E-state index contributed by atoms with van der Waals surface area (Å²) in [6, 6.07) is -0.993. The van der Waals surface area contributed by atoms with E-state index in [2.05, 4.69) is 15.0 Å². The molecule has 7 nitrogen and oxygen atoms in total. The quantitative estimate of drug-likeness (QED) is 0.685. The number of carbonyl (C=O) groups excluding carboxylic acids is 1. The van der Waals surface area contributed by atoms with Gasteiger partial charge in [-0.2, -0.15) is 0 Å². The van der Waals surface area contributed by atoms with E-state index in [9.17, 15) is 9.90 Å². The van der Waals surface area contributed by atoms with Crippen molar-refractivity contribution >= 4 is 17.1 Å². The summed E-state index contributed by atoms with van der Waals surface area (Å²) in [5.74, 6) is -0.448. The number of hydrogen-bond acceptors (Lipinski definition) is 6. The van der Waals surface area contributed by atoms with Gasteiger partial charge in [0, 0.05) is 0 Å². The highest BCUT2D eigenvalue weighted by Crippen LogP contribution is 2.08. The van der Waals surface area contributed by atoms with Gasteiger partial charge in [0.2, 0.25) is 0 Å². The van der Waals surface area contributed by atoms with Gasteiger partial charge in [-0.1, -0.05) is 0 Å². The summed E-state index contributed by atoms with van der Waals surface area (Å²) in [5.41, 5.74) is 6.44. The van der Waals surface area contributed by atoms with Crippen LogP contribution in [-0.2, 0) is 0 Å². The number of aliphatic hydroxyl groups excluding tert-OH is 1. The second-order valence-corrected chi connectivity index (χ2v) is 3.45. The van der Waals surface area contributed by atoms with E-state index in [-0.39, 0.29) is 0 Å². The summed E-state index contributed by atoms with van der Waals surface area (Å²) in [4.78, 5) is 23.5. The Bertz CT molecular complexity index is 521. The number of fused-ring (bicyclic) bond motifs is 1. The number of hydrogen-bond donors (Lipinski definition) is 2. The van der Waals surface area contributed by atoms with Crippen LogP contribution in [0, 0.1) is 0 Å². The van der Waals surface area contributed by atoms with Gasteiger partial charge in [0.15, 0.2) is 5.65 Å². The lowest BCUT2D eigenvalue weighted by molar-refractivity contribution is 0.0768. The summed E-state index contributed by atoms with van der Waals surface area (Å²) in [6.07, 6.45) is 3.22. The lowest BCUT2D eigenvalue weighted by atomic mass is 10.2. The number of aromatic nitrogens is 4. The summed E-state index contributed by atoms with van der Waals surface area (Å²) in [6.45, 7) is 1.46. The molecule has 0 aliphatic heterocycles. The van der Waals surface area contributed by atoms with E-state index in [0.717, 1.165) is 0 Å². The highest BCUT2D eigenvalue weighted by atomic mass is 16.3. The highest BCUT2D eigenvalue weighted by Gasteiger charge is 2.22. The van der Waals surface area contributed by atoms with E-state index in [1.165, 1.54) is 30.3 Å². The van der Waals surface area contributed by atoms with Crippen molar-refractivity contribution < 1.29 is 9.90 Å². The molecule has 0 radical (unpaired) electrons. The minimum atomic E-state index is -0.993. The zero-order valence-electron chi connectivity index (χ0n) is 8.61. The molecule has 0 aliphatic carbocycles. The summed E-state index contributed by atoms with van der Waals surface area (Å²) >= 11 is 0. The lowest BCUT2D eigenvalue weighted by Gasteiger charge is -2.13. The van der Waals surface area contributed by atoms with E-state index in [0.29, 0.717) is 11.2 Å². The molecule has 0 fully saturated rings. The number of rotatable bonds is 2. The molecule has 7 heteroatoms. The molecule has 84 valence electrons. The first kappa shape index (κ1) is 10.7. The fourth-order valence-electron chi connectivity index (χ4n) is 1.30. The smallest absolute Gasteiger partial charge is 0.253 e. The normalized spacial score (nSPS) is 14.9. The van der Waals surface area contributed by atoms with E-state index >= 15 is 0 Å². The van der Waals surface area contributed by atoms with Crippen molar-refractivity contribution in [3.63, 3.8) is 0 Å². The molecule has 0 saturated heterocycles. The molecule has 2 atom stereocenters. The number of nitrogens with two attached hydrogens (primary N) is 1. The van der Waals surface area contributed by atoms with Gasteiger partial charge in [-0.05, 0) is 6.92 Å². The second-order valence-electron chi connectivity index (χ2n) is 3.45. The van der Waals surface area contributed by atoms with Gasteiger partial charge >= 0.3 is 0 Å². The van der Waals surface area contributed by atoms with Crippen LogP contribution in [0.1, 0.15) is 11.7 Å². The van der Waals surface area contributed by atoms with Gasteiger partial charge in [0.05, 0.1) is 12.3 Å². The van der Waals surface area contributed by atoms with Crippen molar-refractivity contribution in [2.45, 2.75) is 19.1 Å². The molecule has 16 heavy (non-hydrogen) atoms. The average molecular weight is 221 g/mol. The van der Waals surface area contributed by atoms with Crippen LogP contribution in [0.3, 0.4) is 0 Å². The fraction of sp³-hybridized carbons (Fsp3) is 0.333. The maximum atomic E-state index is 11.8. The zero-order chi connectivity index (χ0) is 11.7. The molecule has 0 bridgehead atoms. The van der Waals surface area contributed by atoms with E-state index < -0.39 is 18.1 Å². The Morgan fingerprint density at radius 1 is 1.56 bits per heavy atom. The van der Waals surface area contributed by atoms with Crippen molar-refractivity contribution in [1.29, 1.82) is 0 Å². The van der Waals surface area contributed by atoms with Gasteiger partial charge in [-0.15, -0.1) is 0 Å².